The third-order valence-corrected chi connectivity index (χ3v) is 6.47. The number of nitrogens with zero attached hydrogens (tertiary/aromatic N) is 3. The van der Waals surface area contributed by atoms with Crippen molar-refractivity contribution < 1.29 is 13.5 Å². The quantitative estimate of drug-likeness (QED) is 0.406. The fourth-order valence-electron chi connectivity index (χ4n) is 4.05. The number of aliphatic hydroxyl groups excluding tert-OH is 1. The molecule has 0 radical (unpaired) electrons. The van der Waals surface area contributed by atoms with E-state index in [1.54, 1.807) is 6.07 Å². The molecular formula is C19H22Cl2N6O3S. The molecule has 5 N–H and O–H groups in total. The molecule has 2 aromatic heterocycles. The van der Waals surface area contributed by atoms with Crippen LogP contribution >= 0.6 is 23.2 Å². The van der Waals surface area contributed by atoms with Crippen LogP contribution in [0.3, 0.4) is 0 Å². The Labute approximate surface area is 189 Å². The summed E-state index contributed by atoms with van der Waals surface area (Å²) in [6.07, 6.45) is 3.85. The first-order valence-corrected chi connectivity index (χ1v) is 12.0. The second-order valence-corrected chi connectivity index (χ2v) is 9.91. The Kier molecular flexibility index (Phi) is 6.38. The number of aliphatic hydroxyl groups is 1. The molecule has 0 saturated heterocycles. The summed E-state index contributed by atoms with van der Waals surface area (Å²) in [6, 6.07) is 7.25. The SMILES string of the molecule is NS(=O)(=O)NC[C@@H]1C[C@@H](n2ccc3c(NCc4cc(Cl)cc(Cl)c4)ncnc32)C[C@@H]1O. The van der Waals surface area contributed by atoms with Gasteiger partial charge in [-0.15, -0.1) is 0 Å². The number of rotatable bonds is 7. The van der Waals surface area contributed by atoms with Crippen molar-refractivity contribution in [3.63, 3.8) is 0 Å². The van der Waals surface area contributed by atoms with Gasteiger partial charge in [0.15, 0.2) is 0 Å². The minimum Gasteiger partial charge on any atom is -0.393 e. The molecule has 9 nitrogen and oxygen atoms in total. The average molecular weight is 485 g/mol. The monoisotopic (exact) mass is 484 g/mol. The van der Waals surface area contributed by atoms with Gasteiger partial charge in [-0.3, -0.25) is 0 Å². The van der Waals surface area contributed by atoms with Gasteiger partial charge in [-0.05, 0) is 42.7 Å². The molecule has 12 heteroatoms. The van der Waals surface area contributed by atoms with Crippen molar-refractivity contribution in [3.8, 4) is 0 Å². The summed E-state index contributed by atoms with van der Waals surface area (Å²) >= 11 is 12.1. The van der Waals surface area contributed by atoms with Gasteiger partial charge >= 0.3 is 0 Å². The highest BCUT2D eigenvalue weighted by molar-refractivity contribution is 7.87. The molecule has 1 aliphatic rings. The molecule has 0 bridgehead atoms. The van der Waals surface area contributed by atoms with Gasteiger partial charge in [0.25, 0.3) is 10.2 Å². The fraction of sp³-hybridized carbons (Fsp3) is 0.368. The number of aromatic nitrogens is 3. The Morgan fingerprint density at radius 2 is 1.94 bits per heavy atom. The zero-order valence-electron chi connectivity index (χ0n) is 16.4. The molecular weight excluding hydrogens is 463 g/mol. The third kappa shape index (κ3) is 5.28. The number of anilines is 1. The maximum absolute atomic E-state index is 11.2. The standard InChI is InChI=1S/C19H22Cl2N6O3S/c20-13-3-11(4-14(21)6-13)8-23-18-16-1-2-27(19(16)25-10-24-18)15-5-12(17(28)7-15)9-26-31(22,29)30/h1-4,6,10,12,15,17,26,28H,5,7-9H2,(H2,22,29,30)(H,23,24,25)/t12-,15+,17-/m0/s1. The van der Waals surface area contributed by atoms with Crippen LogP contribution in [0.1, 0.15) is 24.4 Å². The Bertz CT molecular complexity index is 1180. The number of halogens is 2. The smallest absolute Gasteiger partial charge is 0.274 e. The largest absolute Gasteiger partial charge is 0.393 e. The fourth-order valence-corrected chi connectivity index (χ4v) is 5.07. The molecule has 2 heterocycles. The first kappa shape index (κ1) is 22.3. The van der Waals surface area contributed by atoms with E-state index in [1.165, 1.54) is 6.33 Å². The lowest BCUT2D eigenvalue weighted by Gasteiger charge is -2.15. The number of hydrogen-bond acceptors (Lipinski definition) is 6. The summed E-state index contributed by atoms with van der Waals surface area (Å²) in [5, 5.41) is 20.7. The Hall–Kier alpha value is -1.95. The first-order chi connectivity index (χ1) is 14.7. The van der Waals surface area contributed by atoms with Crippen LogP contribution < -0.4 is 15.2 Å². The number of fused-ring (bicyclic) bond motifs is 1. The zero-order valence-corrected chi connectivity index (χ0v) is 18.7. The highest BCUT2D eigenvalue weighted by Gasteiger charge is 2.35. The maximum atomic E-state index is 11.2. The summed E-state index contributed by atoms with van der Waals surface area (Å²) in [4.78, 5) is 8.77. The van der Waals surface area contributed by atoms with Gasteiger partial charge in [0.05, 0.1) is 11.5 Å². The van der Waals surface area contributed by atoms with Crippen LogP contribution in [0.2, 0.25) is 10.0 Å². The van der Waals surface area contributed by atoms with Crippen LogP contribution in [-0.4, -0.2) is 40.7 Å². The van der Waals surface area contributed by atoms with Gasteiger partial charge in [0.1, 0.15) is 17.8 Å². The molecule has 3 atom stereocenters. The zero-order chi connectivity index (χ0) is 22.2. The van der Waals surface area contributed by atoms with Crippen molar-refractivity contribution in [2.24, 2.45) is 11.1 Å². The number of nitrogens with one attached hydrogen (secondary N) is 2. The number of nitrogens with two attached hydrogens (primary N) is 1. The summed E-state index contributed by atoms with van der Waals surface area (Å²) in [6.45, 7) is 0.584. The summed E-state index contributed by atoms with van der Waals surface area (Å²) in [7, 11) is -3.79. The van der Waals surface area contributed by atoms with Gasteiger partial charge in [0, 0.05) is 41.3 Å². The van der Waals surface area contributed by atoms with E-state index in [0.29, 0.717) is 35.2 Å². The van der Waals surface area contributed by atoms with Gasteiger partial charge in [-0.2, -0.15) is 8.42 Å². The normalized spacial score (nSPS) is 21.6. The van der Waals surface area contributed by atoms with Crippen molar-refractivity contribution in [1.29, 1.82) is 0 Å². The van der Waals surface area contributed by atoms with E-state index in [9.17, 15) is 13.5 Å². The van der Waals surface area contributed by atoms with Crippen molar-refractivity contribution >= 4 is 50.3 Å². The second-order valence-electron chi connectivity index (χ2n) is 7.66. The maximum Gasteiger partial charge on any atom is 0.274 e. The molecule has 0 unspecified atom stereocenters. The number of hydrogen-bond donors (Lipinski definition) is 4. The molecule has 31 heavy (non-hydrogen) atoms. The summed E-state index contributed by atoms with van der Waals surface area (Å²) in [5.74, 6) is 0.443. The molecule has 0 spiro atoms. The minimum absolute atomic E-state index is 0.0192. The molecule has 4 rings (SSSR count). The summed E-state index contributed by atoms with van der Waals surface area (Å²) in [5.41, 5.74) is 1.66. The topological polar surface area (TPSA) is 135 Å². The van der Waals surface area contributed by atoms with E-state index in [4.69, 9.17) is 28.3 Å². The van der Waals surface area contributed by atoms with Gasteiger partial charge in [-0.1, -0.05) is 23.2 Å². The molecule has 1 saturated carbocycles. The first-order valence-electron chi connectivity index (χ1n) is 9.65. The highest BCUT2D eigenvalue weighted by atomic mass is 35.5. The molecule has 166 valence electrons. The molecule has 1 aromatic carbocycles. The third-order valence-electron chi connectivity index (χ3n) is 5.46. The Morgan fingerprint density at radius 1 is 1.19 bits per heavy atom. The summed E-state index contributed by atoms with van der Waals surface area (Å²) < 4.78 is 26.6. The predicted molar refractivity (Wildman–Crippen MR) is 120 cm³/mol. The van der Waals surface area contributed by atoms with Gasteiger partial charge in [0.2, 0.25) is 0 Å². The van der Waals surface area contributed by atoms with Crippen LogP contribution in [0.15, 0.2) is 36.8 Å². The lowest BCUT2D eigenvalue weighted by atomic mass is 10.1. The minimum atomic E-state index is -3.79. The van der Waals surface area contributed by atoms with Crippen LogP contribution in [-0.2, 0) is 16.8 Å². The van der Waals surface area contributed by atoms with E-state index in [-0.39, 0.29) is 18.5 Å². The molecule has 3 aromatic rings. The van der Waals surface area contributed by atoms with Gasteiger partial charge in [-0.25, -0.2) is 19.8 Å². The van der Waals surface area contributed by atoms with E-state index >= 15 is 0 Å². The predicted octanol–water partition coefficient (Wildman–Crippen LogP) is 2.46. The lowest BCUT2D eigenvalue weighted by molar-refractivity contribution is 0.133. The Balaban J connectivity index is 1.51. The molecule has 0 amide bonds. The molecule has 1 aliphatic carbocycles. The second kappa shape index (κ2) is 8.89. The van der Waals surface area contributed by atoms with Crippen LogP contribution in [0.25, 0.3) is 11.0 Å². The van der Waals surface area contributed by atoms with E-state index in [1.807, 2.05) is 29.0 Å². The van der Waals surface area contributed by atoms with Crippen LogP contribution in [0.4, 0.5) is 5.82 Å². The van der Waals surface area contributed by atoms with E-state index in [2.05, 4.69) is 20.0 Å². The lowest BCUT2D eigenvalue weighted by Crippen LogP contribution is -2.36. The van der Waals surface area contributed by atoms with Crippen molar-refractivity contribution in [2.75, 3.05) is 11.9 Å². The van der Waals surface area contributed by atoms with Crippen LogP contribution in [0, 0.1) is 5.92 Å². The van der Waals surface area contributed by atoms with Gasteiger partial charge < -0.3 is 15.0 Å². The molecule has 0 aliphatic heterocycles. The van der Waals surface area contributed by atoms with Crippen molar-refractivity contribution in [2.45, 2.75) is 31.5 Å². The van der Waals surface area contributed by atoms with E-state index in [0.717, 1.165) is 16.6 Å². The Morgan fingerprint density at radius 3 is 2.65 bits per heavy atom. The van der Waals surface area contributed by atoms with E-state index < -0.39 is 16.3 Å². The van der Waals surface area contributed by atoms with Crippen molar-refractivity contribution in [3.05, 3.63) is 52.4 Å². The van der Waals surface area contributed by atoms with Crippen LogP contribution in [0.5, 0.6) is 0 Å². The number of benzene rings is 1. The average Bonchev–Trinajstić information content (AvgIpc) is 3.27. The van der Waals surface area contributed by atoms with Crippen molar-refractivity contribution in [1.82, 2.24) is 19.3 Å². The molecule has 1 fully saturated rings. The highest BCUT2D eigenvalue weighted by Crippen LogP contribution is 2.37.